The van der Waals surface area contributed by atoms with Gasteiger partial charge in [0.1, 0.15) is 11.5 Å². The van der Waals surface area contributed by atoms with E-state index in [0.717, 1.165) is 18.8 Å². The van der Waals surface area contributed by atoms with Gasteiger partial charge in [-0.05, 0) is 31.9 Å². The number of carbonyl (C=O) groups excluding carboxylic acids is 1. The van der Waals surface area contributed by atoms with Gasteiger partial charge in [-0.1, -0.05) is 5.16 Å². The number of amides is 1. The van der Waals surface area contributed by atoms with Crippen LogP contribution in [0.15, 0.2) is 35.1 Å². The number of hydrogen-bond donors (Lipinski definition) is 0. The summed E-state index contributed by atoms with van der Waals surface area (Å²) in [4.78, 5) is 26.7. The van der Waals surface area contributed by atoms with Crippen LogP contribution in [0.4, 0.5) is 8.78 Å². The highest BCUT2D eigenvalue weighted by Gasteiger charge is 2.34. The Balaban J connectivity index is 1.55. The predicted molar refractivity (Wildman–Crippen MR) is 101 cm³/mol. The first kappa shape index (κ1) is 19.9. The van der Waals surface area contributed by atoms with Gasteiger partial charge in [-0.3, -0.25) is 4.79 Å². The van der Waals surface area contributed by atoms with Crippen molar-refractivity contribution in [1.29, 1.82) is 0 Å². The monoisotopic (exact) mass is 415 g/mol. The summed E-state index contributed by atoms with van der Waals surface area (Å²) in [5.41, 5.74) is 0.261. The molecule has 1 saturated heterocycles. The van der Waals surface area contributed by atoms with E-state index in [-0.39, 0.29) is 29.3 Å². The smallest absolute Gasteiger partial charge is 0.276 e. The molecule has 30 heavy (non-hydrogen) atoms. The van der Waals surface area contributed by atoms with Crippen LogP contribution in [0.25, 0.3) is 11.6 Å². The van der Waals surface area contributed by atoms with Crippen LogP contribution in [0.2, 0.25) is 0 Å². The van der Waals surface area contributed by atoms with E-state index in [1.54, 1.807) is 4.90 Å². The van der Waals surface area contributed by atoms with Crippen LogP contribution in [0, 0.1) is 11.6 Å². The Morgan fingerprint density at radius 1 is 1.23 bits per heavy atom. The van der Waals surface area contributed by atoms with Crippen molar-refractivity contribution in [3.8, 4) is 17.5 Å². The Bertz CT molecular complexity index is 1060. The van der Waals surface area contributed by atoms with Crippen LogP contribution in [-0.2, 0) is 0 Å². The third-order valence-corrected chi connectivity index (χ3v) is 5.17. The molecule has 2 atom stereocenters. The SMILES string of the molecule is COc1cc(C(=O)N2C[C@@H](c3noc(-c4ccc(F)cn4)n3)CC[C@H]2C)c(F)cn1. The summed E-state index contributed by atoms with van der Waals surface area (Å²) in [6, 6.07) is 3.91. The van der Waals surface area contributed by atoms with Crippen LogP contribution in [0.1, 0.15) is 41.9 Å². The van der Waals surface area contributed by atoms with Gasteiger partial charge in [0.25, 0.3) is 11.8 Å². The molecule has 0 unspecified atom stereocenters. The molecule has 1 fully saturated rings. The van der Waals surface area contributed by atoms with E-state index in [2.05, 4.69) is 20.1 Å². The van der Waals surface area contributed by atoms with Crippen molar-refractivity contribution < 1.29 is 22.8 Å². The number of pyridine rings is 2. The molecule has 0 bridgehead atoms. The van der Waals surface area contributed by atoms with Crippen LogP contribution >= 0.6 is 0 Å². The number of methoxy groups -OCH3 is 1. The summed E-state index contributed by atoms with van der Waals surface area (Å²) in [5, 5.41) is 4.01. The number of hydrogen-bond acceptors (Lipinski definition) is 7. The molecule has 4 rings (SSSR count). The van der Waals surface area contributed by atoms with Crippen molar-refractivity contribution >= 4 is 5.91 Å². The maximum absolute atomic E-state index is 14.2. The standard InChI is InChI=1S/C20H19F2N5O3/c1-11-3-4-12(18-25-19(30-26-18)16-6-5-13(21)8-23-16)10-27(11)20(28)14-7-17(29-2)24-9-15(14)22/h5-9,11-12H,3-4,10H2,1-2H3/t11-,12+/m1/s1. The van der Waals surface area contributed by atoms with Crippen LogP contribution in [0.3, 0.4) is 0 Å². The molecule has 0 N–H and O–H groups in total. The largest absolute Gasteiger partial charge is 0.481 e. The summed E-state index contributed by atoms with van der Waals surface area (Å²) in [6.45, 7) is 2.22. The molecule has 8 nitrogen and oxygen atoms in total. The lowest BCUT2D eigenvalue weighted by atomic mass is 9.92. The molecule has 4 heterocycles. The Morgan fingerprint density at radius 2 is 2.07 bits per heavy atom. The topological polar surface area (TPSA) is 94.2 Å². The zero-order valence-corrected chi connectivity index (χ0v) is 16.4. The van der Waals surface area contributed by atoms with Gasteiger partial charge in [0.05, 0.1) is 25.1 Å². The molecule has 3 aromatic heterocycles. The predicted octanol–water partition coefficient (Wildman–Crippen LogP) is 3.22. The quantitative estimate of drug-likeness (QED) is 0.646. The average molecular weight is 415 g/mol. The van der Waals surface area contributed by atoms with Crippen molar-refractivity contribution in [1.82, 2.24) is 25.0 Å². The first-order valence-corrected chi connectivity index (χ1v) is 9.42. The number of nitrogens with zero attached hydrogens (tertiary/aromatic N) is 5. The van der Waals surface area contributed by atoms with Crippen molar-refractivity contribution in [2.45, 2.75) is 31.7 Å². The summed E-state index contributed by atoms with van der Waals surface area (Å²) in [7, 11) is 1.40. The maximum atomic E-state index is 14.2. The Kier molecular flexibility index (Phi) is 5.39. The number of halogens is 2. The normalized spacial score (nSPS) is 19.0. The number of aromatic nitrogens is 4. The Morgan fingerprint density at radius 3 is 2.80 bits per heavy atom. The Hall–Kier alpha value is -3.43. The number of likely N-dealkylation sites (tertiary alicyclic amines) is 1. The second kappa shape index (κ2) is 8.13. The molecular formula is C20H19F2N5O3. The van der Waals surface area contributed by atoms with E-state index in [1.165, 1.54) is 25.3 Å². The summed E-state index contributed by atoms with van der Waals surface area (Å²) >= 11 is 0. The fourth-order valence-corrected chi connectivity index (χ4v) is 3.46. The van der Waals surface area contributed by atoms with Crippen molar-refractivity contribution in [3.63, 3.8) is 0 Å². The second-order valence-corrected chi connectivity index (χ2v) is 7.11. The molecule has 1 amide bonds. The second-order valence-electron chi connectivity index (χ2n) is 7.11. The van der Waals surface area contributed by atoms with Crippen LogP contribution in [0.5, 0.6) is 5.88 Å². The lowest BCUT2D eigenvalue weighted by molar-refractivity contribution is 0.0599. The number of piperidine rings is 1. The molecule has 0 saturated carbocycles. The number of ether oxygens (including phenoxy) is 1. The fourth-order valence-electron chi connectivity index (χ4n) is 3.46. The van der Waals surface area contributed by atoms with Gasteiger partial charge in [0, 0.05) is 24.6 Å². The molecule has 0 spiro atoms. The minimum Gasteiger partial charge on any atom is -0.481 e. The first-order chi connectivity index (χ1) is 14.5. The molecule has 3 aromatic rings. The molecule has 0 aromatic carbocycles. The van der Waals surface area contributed by atoms with Gasteiger partial charge < -0.3 is 14.2 Å². The Labute approximate surface area is 170 Å². The van der Waals surface area contributed by atoms with Crippen LogP contribution < -0.4 is 4.74 Å². The third kappa shape index (κ3) is 3.85. The van der Waals surface area contributed by atoms with E-state index >= 15 is 0 Å². The highest BCUT2D eigenvalue weighted by molar-refractivity contribution is 5.95. The number of carbonyl (C=O) groups is 1. The fraction of sp³-hybridized carbons (Fsp3) is 0.350. The average Bonchev–Trinajstić information content (AvgIpc) is 3.25. The molecule has 0 aliphatic carbocycles. The highest BCUT2D eigenvalue weighted by Crippen LogP contribution is 2.31. The van der Waals surface area contributed by atoms with Gasteiger partial charge >= 0.3 is 0 Å². The molecule has 10 heteroatoms. The molecule has 1 aliphatic rings. The van der Waals surface area contributed by atoms with Crippen molar-refractivity contribution in [2.75, 3.05) is 13.7 Å². The molecular weight excluding hydrogens is 396 g/mol. The van der Waals surface area contributed by atoms with Gasteiger partial charge in [0.2, 0.25) is 5.88 Å². The minimum atomic E-state index is -0.709. The van der Waals surface area contributed by atoms with E-state index in [4.69, 9.17) is 9.26 Å². The summed E-state index contributed by atoms with van der Waals surface area (Å²) < 4.78 is 37.6. The van der Waals surface area contributed by atoms with Gasteiger partial charge in [-0.2, -0.15) is 4.98 Å². The third-order valence-electron chi connectivity index (χ3n) is 5.17. The van der Waals surface area contributed by atoms with Crippen molar-refractivity contribution in [3.05, 3.63) is 53.6 Å². The summed E-state index contributed by atoms with van der Waals surface area (Å²) in [6.07, 6.45) is 3.47. The van der Waals surface area contributed by atoms with Gasteiger partial charge in [-0.15, -0.1) is 0 Å². The lowest BCUT2D eigenvalue weighted by Crippen LogP contribution is -2.45. The lowest BCUT2D eigenvalue weighted by Gasteiger charge is -2.37. The van der Waals surface area contributed by atoms with Crippen LogP contribution in [-0.4, -0.2) is 50.6 Å². The zero-order valence-electron chi connectivity index (χ0n) is 16.4. The molecule has 156 valence electrons. The van der Waals surface area contributed by atoms with E-state index in [9.17, 15) is 13.6 Å². The van der Waals surface area contributed by atoms with E-state index in [1.807, 2.05) is 6.92 Å². The number of rotatable bonds is 4. The minimum absolute atomic E-state index is 0.0857. The zero-order chi connectivity index (χ0) is 21.3. The van der Waals surface area contributed by atoms with Gasteiger partial charge in [0.15, 0.2) is 11.6 Å². The first-order valence-electron chi connectivity index (χ1n) is 9.42. The van der Waals surface area contributed by atoms with Crippen molar-refractivity contribution in [2.24, 2.45) is 0 Å². The maximum Gasteiger partial charge on any atom is 0.276 e. The van der Waals surface area contributed by atoms with E-state index in [0.29, 0.717) is 24.5 Å². The van der Waals surface area contributed by atoms with Gasteiger partial charge in [-0.25, -0.2) is 18.7 Å². The highest BCUT2D eigenvalue weighted by atomic mass is 19.1. The summed E-state index contributed by atoms with van der Waals surface area (Å²) in [5.74, 6) is -1.05. The molecule has 1 aliphatic heterocycles. The van der Waals surface area contributed by atoms with E-state index < -0.39 is 17.5 Å². The molecule has 0 radical (unpaired) electrons.